The minimum absolute atomic E-state index is 0.173. The van der Waals surface area contributed by atoms with Crippen LogP contribution in [0.4, 0.5) is 4.39 Å². The van der Waals surface area contributed by atoms with E-state index < -0.39 is 0 Å². The van der Waals surface area contributed by atoms with E-state index in [2.05, 4.69) is 13.8 Å². The fourth-order valence-corrected chi connectivity index (χ4v) is 2.13. The number of benzene rings is 1. The predicted octanol–water partition coefficient (Wildman–Crippen LogP) is 4.66. The van der Waals surface area contributed by atoms with Gasteiger partial charge in [0.1, 0.15) is 5.82 Å². The van der Waals surface area contributed by atoms with E-state index in [1.807, 2.05) is 12.1 Å². The first-order chi connectivity index (χ1) is 7.65. The van der Waals surface area contributed by atoms with E-state index in [0.29, 0.717) is 17.7 Å². The van der Waals surface area contributed by atoms with Gasteiger partial charge in [0.25, 0.3) is 0 Å². The van der Waals surface area contributed by atoms with Gasteiger partial charge in [-0.25, -0.2) is 4.39 Å². The van der Waals surface area contributed by atoms with Crippen LogP contribution >= 0.6 is 11.6 Å². The summed E-state index contributed by atoms with van der Waals surface area (Å²) in [6, 6.07) is 6.74. The molecule has 0 aliphatic heterocycles. The summed E-state index contributed by atoms with van der Waals surface area (Å²) in [5.74, 6) is 1.72. The van der Waals surface area contributed by atoms with E-state index in [1.54, 1.807) is 0 Å². The van der Waals surface area contributed by atoms with E-state index in [9.17, 15) is 4.39 Å². The van der Waals surface area contributed by atoms with Crippen molar-refractivity contribution in [1.82, 2.24) is 0 Å². The molecule has 0 fully saturated rings. The van der Waals surface area contributed by atoms with Crippen LogP contribution in [-0.4, -0.2) is 5.88 Å². The molecule has 0 bridgehead atoms. The van der Waals surface area contributed by atoms with Gasteiger partial charge in [-0.2, -0.15) is 0 Å². The second-order valence-electron chi connectivity index (χ2n) is 4.60. The van der Waals surface area contributed by atoms with E-state index in [1.165, 1.54) is 24.1 Å². The van der Waals surface area contributed by atoms with Crippen molar-refractivity contribution < 1.29 is 4.39 Å². The summed E-state index contributed by atoms with van der Waals surface area (Å²) < 4.78 is 12.7. The number of halogens is 2. The lowest BCUT2D eigenvalue weighted by molar-refractivity contribution is 0.407. The maximum atomic E-state index is 12.7. The number of hydrogen-bond acceptors (Lipinski definition) is 0. The zero-order valence-corrected chi connectivity index (χ0v) is 10.8. The molecule has 1 aromatic rings. The lowest BCUT2D eigenvalue weighted by atomic mass is 9.90. The Morgan fingerprint density at radius 2 is 1.88 bits per heavy atom. The topological polar surface area (TPSA) is 0 Å². The molecule has 0 nitrogen and oxygen atoms in total. The van der Waals surface area contributed by atoms with Crippen molar-refractivity contribution in [2.24, 2.45) is 11.8 Å². The van der Waals surface area contributed by atoms with Crippen LogP contribution in [0.5, 0.6) is 0 Å². The summed E-state index contributed by atoms with van der Waals surface area (Å²) in [5.41, 5.74) is 1.18. The van der Waals surface area contributed by atoms with Gasteiger partial charge < -0.3 is 0 Å². The largest absolute Gasteiger partial charge is 0.207 e. The lowest BCUT2D eigenvalue weighted by Gasteiger charge is -2.17. The van der Waals surface area contributed by atoms with Gasteiger partial charge in [0.05, 0.1) is 0 Å². The Bertz CT molecular complexity index is 294. The molecule has 0 spiro atoms. The first-order valence-electron chi connectivity index (χ1n) is 5.96. The molecule has 0 radical (unpaired) electrons. The Morgan fingerprint density at radius 3 is 2.38 bits per heavy atom. The molecule has 0 saturated carbocycles. The average Bonchev–Trinajstić information content (AvgIpc) is 2.30. The third kappa shape index (κ3) is 4.52. The molecule has 0 aromatic heterocycles. The second kappa shape index (κ2) is 6.90. The van der Waals surface area contributed by atoms with Gasteiger partial charge in [-0.3, -0.25) is 0 Å². The fourth-order valence-electron chi connectivity index (χ4n) is 1.89. The first-order valence-corrected chi connectivity index (χ1v) is 6.49. The van der Waals surface area contributed by atoms with Crippen molar-refractivity contribution in [2.45, 2.75) is 33.1 Å². The molecule has 0 amide bonds. The molecule has 0 aliphatic carbocycles. The third-order valence-electron chi connectivity index (χ3n) is 3.09. The molecule has 1 rings (SSSR count). The quantitative estimate of drug-likeness (QED) is 0.637. The highest BCUT2D eigenvalue weighted by Crippen LogP contribution is 2.20. The normalized spacial score (nSPS) is 14.8. The molecule has 0 aliphatic rings. The number of rotatable bonds is 6. The molecular weight excluding hydrogens is 223 g/mol. The highest BCUT2D eigenvalue weighted by Gasteiger charge is 2.12. The molecule has 0 saturated heterocycles. The van der Waals surface area contributed by atoms with Crippen molar-refractivity contribution >= 4 is 11.6 Å². The van der Waals surface area contributed by atoms with Gasteiger partial charge in [0, 0.05) is 5.88 Å². The standard InChI is InChI=1S/C14H20ClF/c1-3-11(2)8-13(10-15)9-12-4-6-14(16)7-5-12/h4-7,11,13H,3,8-10H2,1-2H3. The minimum Gasteiger partial charge on any atom is -0.207 e. The number of alkyl halides is 1. The molecular formula is C14H20ClF. The summed E-state index contributed by atoms with van der Waals surface area (Å²) in [5, 5.41) is 0. The molecule has 2 unspecified atom stereocenters. The SMILES string of the molecule is CCC(C)CC(CCl)Cc1ccc(F)cc1. The first kappa shape index (κ1) is 13.5. The van der Waals surface area contributed by atoms with Gasteiger partial charge >= 0.3 is 0 Å². The van der Waals surface area contributed by atoms with Crippen molar-refractivity contribution in [2.75, 3.05) is 5.88 Å². The molecule has 2 atom stereocenters. The van der Waals surface area contributed by atoms with Crippen molar-refractivity contribution in [3.63, 3.8) is 0 Å². The summed E-state index contributed by atoms with van der Waals surface area (Å²) >= 11 is 5.98. The third-order valence-corrected chi connectivity index (χ3v) is 3.52. The summed E-state index contributed by atoms with van der Waals surface area (Å²) in [6.45, 7) is 4.46. The predicted molar refractivity (Wildman–Crippen MR) is 68.4 cm³/mol. The van der Waals surface area contributed by atoms with Crippen LogP contribution in [0.25, 0.3) is 0 Å². The van der Waals surface area contributed by atoms with Gasteiger partial charge in [0.15, 0.2) is 0 Å². The van der Waals surface area contributed by atoms with Crippen molar-refractivity contribution in [3.8, 4) is 0 Å². The molecule has 2 heteroatoms. The average molecular weight is 243 g/mol. The van der Waals surface area contributed by atoms with Gasteiger partial charge in [-0.1, -0.05) is 32.4 Å². The molecule has 1 aromatic carbocycles. The maximum Gasteiger partial charge on any atom is 0.123 e. The highest BCUT2D eigenvalue weighted by molar-refractivity contribution is 6.18. The summed E-state index contributed by atoms with van der Waals surface area (Å²) in [7, 11) is 0. The van der Waals surface area contributed by atoms with E-state index in [0.717, 1.165) is 12.8 Å². The van der Waals surface area contributed by atoms with Gasteiger partial charge in [-0.05, 0) is 42.4 Å². The van der Waals surface area contributed by atoms with Gasteiger partial charge in [-0.15, -0.1) is 11.6 Å². The van der Waals surface area contributed by atoms with Crippen molar-refractivity contribution in [1.29, 1.82) is 0 Å². The Kier molecular flexibility index (Phi) is 5.83. The summed E-state index contributed by atoms with van der Waals surface area (Å²) in [6.07, 6.45) is 3.29. The van der Waals surface area contributed by atoms with Crippen LogP contribution in [0.1, 0.15) is 32.3 Å². The van der Waals surface area contributed by atoms with E-state index >= 15 is 0 Å². The Hall–Kier alpha value is -0.560. The highest BCUT2D eigenvalue weighted by atomic mass is 35.5. The smallest absolute Gasteiger partial charge is 0.123 e. The van der Waals surface area contributed by atoms with Crippen LogP contribution < -0.4 is 0 Å². The molecule has 0 heterocycles. The minimum atomic E-state index is -0.173. The van der Waals surface area contributed by atoms with E-state index in [4.69, 9.17) is 11.6 Å². The van der Waals surface area contributed by atoms with E-state index in [-0.39, 0.29) is 5.82 Å². The van der Waals surface area contributed by atoms with Crippen LogP contribution in [0.15, 0.2) is 24.3 Å². The molecule has 16 heavy (non-hydrogen) atoms. The van der Waals surface area contributed by atoms with Crippen LogP contribution in [0.2, 0.25) is 0 Å². The Morgan fingerprint density at radius 1 is 1.25 bits per heavy atom. The maximum absolute atomic E-state index is 12.7. The second-order valence-corrected chi connectivity index (χ2v) is 4.91. The van der Waals surface area contributed by atoms with Crippen LogP contribution in [0, 0.1) is 17.7 Å². The lowest BCUT2D eigenvalue weighted by Crippen LogP contribution is -2.11. The molecule has 90 valence electrons. The zero-order valence-electron chi connectivity index (χ0n) is 10.0. The fraction of sp³-hybridized carbons (Fsp3) is 0.571. The van der Waals surface area contributed by atoms with Crippen molar-refractivity contribution in [3.05, 3.63) is 35.6 Å². The van der Waals surface area contributed by atoms with Crippen LogP contribution in [0.3, 0.4) is 0 Å². The Balaban J connectivity index is 2.52. The summed E-state index contributed by atoms with van der Waals surface area (Å²) in [4.78, 5) is 0. The van der Waals surface area contributed by atoms with Crippen LogP contribution in [-0.2, 0) is 6.42 Å². The number of hydrogen-bond donors (Lipinski definition) is 0. The molecule has 0 N–H and O–H groups in total. The monoisotopic (exact) mass is 242 g/mol. The van der Waals surface area contributed by atoms with Gasteiger partial charge in [0.2, 0.25) is 0 Å². The zero-order chi connectivity index (χ0) is 12.0. The Labute approximate surface area is 103 Å².